The molecule has 2 fully saturated rings. The second kappa shape index (κ2) is 4.30. The zero-order valence-corrected chi connectivity index (χ0v) is 8.70. The van der Waals surface area contributed by atoms with Gasteiger partial charge < -0.3 is 9.47 Å². The van der Waals surface area contributed by atoms with Crippen LogP contribution in [0.15, 0.2) is 0 Å². The number of esters is 1. The topological polar surface area (TPSA) is 35.5 Å². The first kappa shape index (κ1) is 9.97. The summed E-state index contributed by atoms with van der Waals surface area (Å²) in [6.45, 7) is 3.18. The van der Waals surface area contributed by atoms with Crippen molar-refractivity contribution in [3.63, 3.8) is 0 Å². The summed E-state index contributed by atoms with van der Waals surface area (Å²) in [6, 6.07) is 0. The quantitative estimate of drug-likeness (QED) is 0.634. The Hall–Kier alpha value is -0.570. The Morgan fingerprint density at radius 1 is 1.43 bits per heavy atom. The summed E-state index contributed by atoms with van der Waals surface area (Å²) in [6.07, 6.45) is 4.58. The Balaban J connectivity index is 1.99. The lowest BCUT2D eigenvalue weighted by atomic mass is 9.77. The van der Waals surface area contributed by atoms with Gasteiger partial charge in [-0.15, -0.1) is 0 Å². The molecular formula is C11H18O3. The van der Waals surface area contributed by atoms with Gasteiger partial charge in [-0.3, -0.25) is 4.79 Å². The van der Waals surface area contributed by atoms with E-state index in [2.05, 4.69) is 0 Å². The van der Waals surface area contributed by atoms with Crippen LogP contribution in [0.1, 0.15) is 32.6 Å². The second-order valence-corrected chi connectivity index (χ2v) is 4.15. The molecule has 2 rings (SSSR count). The van der Waals surface area contributed by atoms with E-state index >= 15 is 0 Å². The molecule has 1 aliphatic carbocycles. The van der Waals surface area contributed by atoms with Crippen molar-refractivity contribution in [1.82, 2.24) is 0 Å². The molecule has 0 aromatic heterocycles. The lowest BCUT2D eigenvalue weighted by Gasteiger charge is -2.30. The first-order valence-electron chi connectivity index (χ1n) is 5.61. The summed E-state index contributed by atoms with van der Waals surface area (Å²) in [5, 5.41) is 0. The lowest BCUT2D eigenvalue weighted by molar-refractivity contribution is -0.152. The average molecular weight is 198 g/mol. The number of ether oxygens (including phenoxy) is 2. The number of carbonyl (C=O) groups excluding carboxylic acids is 1. The Morgan fingerprint density at radius 2 is 2.29 bits per heavy atom. The van der Waals surface area contributed by atoms with E-state index in [0.717, 1.165) is 32.3 Å². The van der Waals surface area contributed by atoms with E-state index in [1.165, 1.54) is 0 Å². The van der Waals surface area contributed by atoms with Gasteiger partial charge >= 0.3 is 5.97 Å². The van der Waals surface area contributed by atoms with Gasteiger partial charge in [-0.05, 0) is 32.6 Å². The van der Waals surface area contributed by atoms with Crippen molar-refractivity contribution in [2.75, 3.05) is 13.2 Å². The zero-order chi connectivity index (χ0) is 9.97. The molecule has 14 heavy (non-hydrogen) atoms. The van der Waals surface area contributed by atoms with Crippen LogP contribution in [-0.4, -0.2) is 25.3 Å². The molecule has 3 atom stereocenters. The summed E-state index contributed by atoms with van der Waals surface area (Å²) in [7, 11) is 0. The number of hydrogen-bond acceptors (Lipinski definition) is 3. The largest absolute Gasteiger partial charge is 0.466 e. The van der Waals surface area contributed by atoms with E-state index in [0.29, 0.717) is 18.6 Å². The number of rotatable bonds is 2. The molecule has 2 aliphatic rings. The van der Waals surface area contributed by atoms with Crippen molar-refractivity contribution in [2.24, 2.45) is 11.8 Å². The summed E-state index contributed by atoms with van der Waals surface area (Å²) in [5.74, 6) is 0.534. The molecule has 0 unspecified atom stereocenters. The van der Waals surface area contributed by atoms with Gasteiger partial charge in [0, 0.05) is 12.5 Å². The Morgan fingerprint density at radius 3 is 3.07 bits per heavy atom. The molecule has 0 bridgehead atoms. The number of carbonyl (C=O) groups is 1. The molecule has 0 spiro atoms. The first-order valence-corrected chi connectivity index (χ1v) is 5.61. The molecule has 1 aliphatic heterocycles. The summed E-state index contributed by atoms with van der Waals surface area (Å²) in [4.78, 5) is 11.7. The van der Waals surface area contributed by atoms with Crippen LogP contribution in [-0.2, 0) is 14.3 Å². The highest BCUT2D eigenvalue weighted by molar-refractivity contribution is 5.73. The van der Waals surface area contributed by atoms with Crippen molar-refractivity contribution in [2.45, 2.75) is 38.7 Å². The summed E-state index contributed by atoms with van der Waals surface area (Å²) in [5.41, 5.74) is 0. The molecule has 0 radical (unpaired) electrons. The monoisotopic (exact) mass is 198 g/mol. The highest BCUT2D eigenvalue weighted by Crippen LogP contribution is 2.39. The maximum Gasteiger partial charge on any atom is 0.309 e. The third-order valence-corrected chi connectivity index (χ3v) is 3.37. The maximum atomic E-state index is 11.7. The van der Waals surface area contributed by atoms with Crippen LogP contribution in [0.25, 0.3) is 0 Å². The predicted molar refractivity (Wildman–Crippen MR) is 51.8 cm³/mol. The van der Waals surface area contributed by atoms with E-state index in [9.17, 15) is 4.79 Å². The molecule has 3 heteroatoms. The van der Waals surface area contributed by atoms with E-state index in [1.54, 1.807) is 0 Å². The van der Waals surface area contributed by atoms with Crippen molar-refractivity contribution in [3.8, 4) is 0 Å². The van der Waals surface area contributed by atoms with Gasteiger partial charge in [-0.25, -0.2) is 0 Å². The standard InChI is InChI=1S/C11H18O3/c1-2-13-11(12)9-4-3-5-10-8(9)6-7-14-10/h8-10H,2-7H2,1H3/t8-,9+,10-/m0/s1. The number of fused-ring (bicyclic) bond motifs is 1. The van der Waals surface area contributed by atoms with Gasteiger partial charge in [0.15, 0.2) is 0 Å². The Bertz CT molecular complexity index is 215. The van der Waals surface area contributed by atoms with Crippen LogP contribution in [0.2, 0.25) is 0 Å². The summed E-state index contributed by atoms with van der Waals surface area (Å²) >= 11 is 0. The van der Waals surface area contributed by atoms with E-state index in [-0.39, 0.29) is 11.9 Å². The van der Waals surface area contributed by atoms with Crippen LogP contribution in [0.4, 0.5) is 0 Å². The molecule has 0 aromatic carbocycles. The molecular weight excluding hydrogens is 180 g/mol. The van der Waals surface area contributed by atoms with Gasteiger partial charge in [0.05, 0.1) is 18.6 Å². The highest BCUT2D eigenvalue weighted by atomic mass is 16.5. The molecule has 1 saturated carbocycles. The summed E-state index contributed by atoms with van der Waals surface area (Å²) < 4.78 is 10.7. The van der Waals surface area contributed by atoms with E-state index in [1.807, 2.05) is 6.92 Å². The second-order valence-electron chi connectivity index (χ2n) is 4.15. The molecule has 0 amide bonds. The maximum absolute atomic E-state index is 11.7. The van der Waals surface area contributed by atoms with Crippen molar-refractivity contribution in [1.29, 1.82) is 0 Å². The molecule has 0 aromatic rings. The average Bonchev–Trinajstić information content (AvgIpc) is 2.65. The highest BCUT2D eigenvalue weighted by Gasteiger charge is 2.41. The third-order valence-electron chi connectivity index (χ3n) is 3.37. The fourth-order valence-electron chi connectivity index (χ4n) is 2.72. The van der Waals surface area contributed by atoms with Gasteiger partial charge in [-0.2, -0.15) is 0 Å². The predicted octanol–water partition coefficient (Wildman–Crippen LogP) is 1.75. The Kier molecular flexibility index (Phi) is 3.06. The first-order chi connectivity index (χ1) is 6.83. The fourth-order valence-corrected chi connectivity index (χ4v) is 2.72. The minimum atomic E-state index is -0.00676. The minimum absolute atomic E-state index is 0.00676. The Labute approximate surface area is 84.8 Å². The van der Waals surface area contributed by atoms with Crippen molar-refractivity contribution >= 4 is 5.97 Å². The van der Waals surface area contributed by atoms with Gasteiger partial charge in [0.25, 0.3) is 0 Å². The third kappa shape index (κ3) is 1.78. The van der Waals surface area contributed by atoms with Crippen LogP contribution >= 0.6 is 0 Å². The van der Waals surface area contributed by atoms with Crippen LogP contribution in [0.5, 0.6) is 0 Å². The SMILES string of the molecule is CCOC(=O)[C@@H]1CCC[C@@H]2OCC[C@H]21. The van der Waals surface area contributed by atoms with Crippen LogP contribution < -0.4 is 0 Å². The van der Waals surface area contributed by atoms with Gasteiger partial charge in [0.2, 0.25) is 0 Å². The molecule has 1 heterocycles. The molecule has 0 N–H and O–H groups in total. The molecule has 1 saturated heterocycles. The van der Waals surface area contributed by atoms with Crippen LogP contribution in [0.3, 0.4) is 0 Å². The number of hydrogen-bond donors (Lipinski definition) is 0. The zero-order valence-electron chi connectivity index (χ0n) is 8.70. The van der Waals surface area contributed by atoms with Gasteiger partial charge in [-0.1, -0.05) is 0 Å². The minimum Gasteiger partial charge on any atom is -0.466 e. The van der Waals surface area contributed by atoms with Crippen LogP contribution in [0, 0.1) is 11.8 Å². The van der Waals surface area contributed by atoms with Crippen molar-refractivity contribution < 1.29 is 14.3 Å². The smallest absolute Gasteiger partial charge is 0.309 e. The molecule has 80 valence electrons. The van der Waals surface area contributed by atoms with Crippen molar-refractivity contribution in [3.05, 3.63) is 0 Å². The van der Waals surface area contributed by atoms with Gasteiger partial charge in [0.1, 0.15) is 0 Å². The van der Waals surface area contributed by atoms with E-state index < -0.39 is 0 Å². The lowest BCUT2D eigenvalue weighted by Crippen LogP contribution is -2.35. The molecule has 3 nitrogen and oxygen atoms in total. The normalized spacial score (nSPS) is 36.5. The van der Waals surface area contributed by atoms with E-state index in [4.69, 9.17) is 9.47 Å². The fraction of sp³-hybridized carbons (Fsp3) is 0.909.